The van der Waals surface area contributed by atoms with Crippen LogP contribution in [0.15, 0.2) is 72.8 Å². The van der Waals surface area contributed by atoms with Crippen LogP contribution in [0.25, 0.3) is 11.1 Å². The molecule has 162 valence electrons. The number of amides is 1. The summed E-state index contributed by atoms with van der Waals surface area (Å²) in [6.07, 6.45) is 0.153. The highest BCUT2D eigenvalue weighted by molar-refractivity contribution is 5.81. The highest BCUT2D eigenvalue weighted by atomic mass is 16.5. The predicted octanol–water partition coefficient (Wildman–Crippen LogP) is 4.04. The van der Waals surface area contributed by atoms with Crippen LogP contribution >= 0.6 is 0 Å². The molecule has 32 heavy (non-hydrogen) atoms. The Bertz CT molecular complexity index is 1130. The Balaban J connectivity index is 1.25. The molecular formula is C26H24N2O4. The van der Waals surface area contributed by atoms with Crippen LogP contribution in [-0.2, 0) is 16.0 Å². The Labute approximate surface area is 186 Å². The van der Waals surface area contributed by atoms with E-state index in [1.165, 1.54) is 5.56 Å². The van der Waals surface area contributed by atoms with E-state index >= 15 is 0 Å². The molecule has 0 unspecified atom stereocenters. The van der Waals surface area contributed by atoms with E-state index in [9.17, 15) is 14.7 Å². The zero-order valence-electron chi connectivity index (χ0n) is 17.5. The molecule has 1 aliphatic heterocycles. The maximum Gasteiger partial charge on any atom is 0.407 e. The third kappa shape index (κ3) is 3.68. The van der Waals surface area contributed by atoms with E-state index < -0.39 is 18.1 Å². The van der Waals surface area contributed by atoms with E-state index in [0.717, 1.165) is 40.9 Å². The Hall–Kier alpha value is -3.80. The van der Waals surface area contributed by atoms with Crippen molar-refractivity contribution in [2.75, 3.05) is 24.6 Å². The van der Waals surface area contributed by atoms with Gasteiger partial charge in [0.25, 0.3) is 0 Å². The van der Waals surface area contributed by atoms with Gasteiger partial charge in [-0.05, 0) is 40.3 Å². The van der Waals surface area contributed by atoms with Crippen molar-refractivity contribution in [2.24, 2.45) is 0 Å². The quantitative estimate of drug-likeness (QED) is 0.620. The summed E-state index contributed by atoms with van der Waals surface area (Å²) >= 11 is 0. The Morgan fingerprint density at radius 1 is 0.969 bits per heavy atom. The molecule has 2 N–H and O–H groups in total. The van der Waals surface area contributed by atoms with Gasteiger partial charge in [0.15, 0.2) is 0 Å². The first-order chi connectivity index (χ1) is 15.6. The number of hydrogen-bond acceptors (Lipinski definition) is 4. The highest BCUT2D eigenvalue weighted by Crippen LogP contribution is 2.44. The van der Waals surface area contributed by atoms with Gasteiger partial charge < -0.3 is 20.1 Å². The third-order valence-electron chi connectivity index (χ3n) is 6.32. The van der Waals surface area contributed by atoms with Crippen molar-refractivity contribution in [1.29, 1.82) is 0 Å². The molecule has 1 amide bonds. The van der Waals surface area contributed by atoms with Crippen molar-refractivity contribution < 1.29 is 19.4 Å². The molecule has 0 aromatic heterocycles. The Morgan fingerprint density at radius 3 is 2.28 bits per heavy atom. The molecule has 1 heterocycles. The molecule has 5 rings (SSSR count). The summed E-state index contributed by atoms with van der Waals surface area (Å²) < 4.78 is 5.52. The number of carbonyl (C=O) groups is 2. The number of nitrogens with one attached hydrogen (secondary N) is 1. The Morgan fingerprint density at radius 2 is 1.59 bits per heavy atom. The maximum absolute atomic E-state index is 12.5. The van der Waals surface area contributed by atoms with E-state index in [2.05, 4.69) is 17.4 Å². The SMILES string of the molecule is O=C(N[C@@H](CN1CCc2ccccc21)C(=O)O)OCC1c2ccccc2-c2ccccc21. The minimum absolute atomic E-state index is 0.0677. The van der Waals surface area contributed by atoms with Gasteiger partial charge in [0.1, 0.15) is 12.6 Å². The van der Waals surface area contributed by atoms with Gasteiger partial charge in [-0.2, -0.15) is 0 Å². The van der Waals surface area contributed by atoms with E-state index in [0.29, 0.717) is 0 Å². The van der Waals surface area contributed by atoms with E-state index in [-0.39, 0.29) is 19.1 Å². The number of carboxylic acids is 1. The molecule has 0 saturated carbocycles. The largest absolute Gasteiger partial charge is 0.480 e. The molecular weight excluding hydrogens is 404 g/mol. The first-order valence-corrected chi connectivity index (χ1v) is 10.8. The molecule has 0 bridgehead atoms. The number of alkyl carbamates (subject to hydrolysis) is 1. The number of carbonyl (C=O) groups excluding carboxylic acids is 1. The summed E-state index contributed by atoms with van der Waals surface area (Å²) in [5.41, 5.74) is 6.74. The first-order valence-electron chi connectivity index (χ1n) is 10.8. The van der Waals surface area contributed by atoms with Crippen LogP contribution in [-0.4, -0.2) is 42.9 Å². The van der Waals surface area contributed by atoms with Crippen molar-refractivity contribution in [3.63, 3.8) is 0 Å². The Kier molecular flexibility index (Phi) is 5.27. The summed E-state index contributed by atoms with van der Waals surface area (Å²) in [6.45, 7) is 1.07. The van der Waals surface area contributed by atoms with E-state index in [4.69, 9.17) is 4.74 Å². The fraction of sp³-hybridized carbons (Fsp3) is 0.231. The van der Waals surface area contributed by atoms with Crippen LogP contribution < -0.4 is 10.2 Å². The summed E-state index contributed by atoms with van der Waals surface area (Å²) in [5.74, 6) is -1.15. The lowest BCUT2D eigenvalue weighted by atomic mass is 9.98. The van der Waals surface area contributed by atoms with E-state index in [1.807, 2.05) is 65.6 Å². The van der Waals surface area contributed by atoms with Gasteiger partial charge in [-0.15, -0.1) is 0 Å². The normalized spacial score (nSPS) is 14.9. The molecule has 3 aromatic rings. The number of fused-ring (bicyclic) bond motifs is 4. The van der Waals surface area contributed by atoms with Crippen LogP contribution in [0.1, 0.15) is 22.6 Å². The predicted molar refractivity (Wildman–Crippen MR) is 122 cm³/mol. The van der Waals surface area contributed by atoms with Crippen molar-refractivity contribution in [3.05, 3.63) is 89.5 Å². The molecule has 6 nitrogen and oxygen atoms in total. The monoisotopic (exact) mass is 428 g/mol. The van der Waals surface area contributed by atoms with Crippen LogP contribution in [0.4, 0.5) is 10.5 Å². The average Bonchev–Trinajstić information content (AvgIpc) is 3.36. The van der Waals surface area contributed by atoms with Crippen LogP contribution in [0.3, 0.4) is 0 Å². The molecule has 2 aliphatic rings. The summed E-state index contributed by atoms with van der Waals surface area (Å²) in [7, 11) is 0. The number of hydrogen-bond donors (Lipinski definition) is 2. The minimum Gasteiger partial charge on any atom is -0.480 e. The molecule has 3 aromatic carbocycles. The molecule has 0 fully saturated rings. The lowest BCUT2D eigenvalue weighted by Crippen LogP contribution is -2.48. The van der Waals surface area contributed by atoms with Gasteiger partial charge in [0.05, 0.1) is 0 Å². The first kappa shape index (κ1) is 20.1. The second-order valence-electron chi connectivity index (χ2n) is 8.19. The van der Waals surface area contributed by atoms with Gasteiger partial charge >= 0.3 is 12.1 Å². The van der Waals surface area contributed by atoms with Gasteiger partial charge in [-0.3, -0.25) is 0 Å². The average molecular weight is 428 g/mol. The topological polar surface area (TPSA) is 78.9 Å². The summed E-state index contributed by atoms with van der Waals surface area (Å²) in [6, 6.07) is 23.1. The zero-order chi connectivity index (χ0) is 22.1. The highest BCUT2D eigenvalue weighted by Gasteiger charge is 2.31. The number of nitrogens with zero attached hydrogens (tertiary/aromatic N) is 1. The lowest BCUT2D eigenvalue weighted by Gasteiger charge is -2.24. The molecule has 6 heteroatoms. The van der Waals surface area contributed by atoms with Gasteiger partial charge in [0, 0.05) is 24.7 Å². The second kappa shape index (κ2) is 8.38. The lowest BCUT2D eigenvalue weighted by molar-refractivity contribution is -0.139. The van der Waals surface area contributed by atoms with Crippen molar-refractivity contribution >= 4 is 17.7 Å². The number of aliphatic carboxylic acids is 1. The maximum atomic E-state index is 12.5. The van der Waals surface area contributed by atoms with Gasteiger partial charge in [-0.1, -0.05) is 66.7 Å². The molecule has 1 aliphatic carbocycles. The fourth-order valence-corrected chi connectivity index (χ4v) is 4.78. The number of anilines is 1. The van der Waals surface area contributed by atoms with Crippen LogP contribution in [0.2, 0.25) is 0 Å². The smallest absolute Gasteiger partial charge is 0.407 e. The van der Waals surface area contributed by atoms with E-state index in [1.54, 1.807) is 0 Å². The number of carboxylic acid groups (broad SMARTS) is 1. The van der Waals surface area contributed by atoms with Crippen molar-refractivity contribution in [1.82, 2.24) is 5.32 Å². The number of para-hydroxylation sites is 1. The molecule has 1 atom stereocenters. The zero-order valence-corrected chi connectivity index (χ0v) is 17.5. The van der Waals surface area contributed by atoms with Crippen molar-refractivity contribution in [2.45, 2.75) is 18.4 Å². The fourth-order valence-electron chi connectivity index (χ4n) is 4.78. The summed E-state index contributed by atoms with van der Waals surface area (Å²) in [4.78, 5) is 26.4. The van der Waals surface area contributed by atoms with Crippen LogP contribution in [0.5, 0.6) is 0 Å². The molecule has 0 saturated heterocycles. The molecule has 0 radical (unpaired) electrons. The molecule has 0 spiro atoms. The third-order valence-corrected chi connectivity index (χ3v) is 6.32. The minimum atomic E-state index is -1.08. The van der Waals surface area contributed by atoms with Gasteiger partial charge in [-0.25, -0.2) is 9.59 Å². The number of rotatable bonds is 6. The summed E-state index contributed by atoms with van der Waals surface area (Å²) in [5, 5.41) is 12.2. The number of benzene rings is 3. The van der Waals surface area contributed by atoms with Crippen molar-refractivity contribution in [3.8, 4) is 11.1 Å². The second-order valence-corrected chi connectivity index (χ2v) is 8.19. The number of ether oxygens (including phenoxy) is 1. The van der Waals surface area contributed by atoms with Gasteiger partial charge in [0.2, 0.25) is 0 Å². The standard InChI is InChI=1S/C26H24N2O4/c29-25(30)23(15-28-14-13-17-7-1-6-12-24(17)28)27-26(31)32-16-22-20-10-4-2-8-18(20)19-9-3-5-11-21(19)22/h1-12,22-23H,13-16H2,(H,27,31)(H,29,30)/t23-/m0/s1. The van der Waals surface area contributed by atoms with Crippen LogP contribution in [0, 0.1) is 0 Å².